The number of aryl methyl sites for hydroxylation is 1. The molecule has 0 saturated carbocycles. The molecule has 19 heavy (non-hydrogen) atoms. The van der Waals surface area contributed by atoms with Gasteiger partial charge in [-0.15, -0.1) is 0 Å². The summed E-state index contributed by atoms with van der Waals surface area (Å²) in [7, 11) is 0. The van der Waals surface area contributed by atoms with Gasteiger partial charge in [-0.3, -0.25) is 4.79 Å². The molecule has 3 N–H and O–H groups in total. The van der Waals surface area contributed by atoms with Crippen molar-refractivity contribution in [2.75, 3.05) is 11.1 Å². The number of hydrogen-bond donors (Lipinski definition) is 2. The summed E-state index contributed by atoms with van der Waals surface area (Å²) in [5.41, 5.74) is 8.53. The second-order valence-electron chi connectivity index (χ2n) is 4.44. The van der Waals surface area contributed by atoms with Gasteiger partial charge in [-0.25, -0.2) is 4.39 Å². The molecule has 0 bridgehead atoms. The van der Waals surface area contributed by atoms with Crippen LogP contribution in [0.5, 0.6) is 0 Å². The van der Waals surface area contributed by atoms with Gasteiger partial charge in [0.05, 0.1) is 5.69 Å². The van der Waals surface area contributed by atoms with Crippen LogP contribution in [0, 0.1) is 19.7 Å². The van der Waals surface area contributed by atoms with E-state index < -0.39 is 5.82 Å². The monoisotopic (exact) mass is 258 g/mol. The third-order valence-corrected chi connectivity index (χ3v) is 3.10. The molecule has 0 aliphatic carbocycles. The minimum absolute atomic E-state index is 0.0127. The van der Waals surface area contributed by atoms with Crippen molar-refractivity contribution in [2.45, 2.75) is 13.8 Å². The Bertz CT molecular complexity index is 638. The fourth-order valence-electron chi connectivity index (χ4n) is 1.82. The first-order chi connectivity index (χ1) is 8.99. The van der Waals surface area contributed by atoms with Crippen molar-refractivity contribution in [1.29, 1.82) is 0 Å². The lowest BCUT2D eigenvalue weighted by atomic mass is 10.0. The normalized spacial score (nSPS) is 10.3. The molecule has 0 radical (unpaired) electrons. The highest BCUT2D eigenvalue weighted by Gasteiger charge is 2.11. The van der Waals surface area contributed by atoms with E-state index in [4.69, 9.17) is 5.73 Å². The topological polar surface area (TPSA) is 55.1 Å². The number of anilines is 2. The Balaban J connectivity index is 2.26. The van der Waals surface area contributed by atoms with E-state index >= 15 is 0 Å². The first-order valence-corrected chi connectivity index (χ1v) is 5.91. The second kappa shape index (κ2) is 5.10. The molecule has 0 saturated heterocycles. The molecule has 0 aromatic heterocycles. The number of hydrogen-bond acceptors (Lipinski definition) is 2. The molecule has 0 unspecified atom stereocenters. The van der Waals surface area contributed by atoms with Crippen LogP contribution in [0.4, 0.5) is 15.8 Å². The van der Waals surface area contributed by atoms with E-state index in [1.807, 2.05) is 26.0 Å². The summed E-state index contributed by atoms with van der Waals surface area (Å²) >= 11 is 0. The van der Waals surface area contributed by atoms with Gasteiger partial charge in [0, 0.05) is 11.3 Å². The summed E-state index contributed by atoms with van der Waals surface area (Å²) in [6.07, 6.45) is 0. The molecule has 0 aliphatic heterocycles. The van der Waals surface area contributed by atoms with E-state index in [0.29, 0.717) is 11.3 Å². The van der Waals surface area contributed by atoms with Gasteiger partial charge in [-0.05, 0) is 49.2 Å². The Hall–Kier alpha value is -2.36. The summed E-state index contributed by atoms with van der Waals surface area (Å²) in [5.74, 6) is -0.725. The first-order valence-electron chi connectivity index (χ1n) is 5.91. The summed E-state index contributed by atoms with van der Waals surface area (Å²) < 4.78 is 13.0. The van der Waals surface area contributed by atoms with Gasteiger partial charge >= 0.3 is 0 Å². The van der Waals surface area contributed by atoms with Crippen molar-refractivity contribution in [3.05, 3.63) is 58.9 Å². The Morgan fingerprint density at radius 3 is 2.63 bits per heavy atom. The molecular weight excluding hydrogens is 243 g/mol. The molecule has 3 nitrogen and oxygen atoms in total. The number of nitrogen functional groups attached to an aromatic ring is 1. The highest BCUT2D eigenvalue weighted by Crippen LogP contribution is 2.19. The molecule has 0 atom stereocenters. The Morgan fingerprint density at radius 1 is 1.21 bits per heavy atom. The van der Waals surface area contributed by atoms with Crippen LogP contribution in [-0.2, 0) is 0 Å². The van der Waals surface area contributed by atoms with Crippen molar-refractivity contribution >= 4 is 17.3 Å². The molecule has 2 aromatic rings. The molecule has 2 aromatic carbocycles. The third kappa shape index (κ3) is 2.73. The fourth-order valence-corrected chi connectivity index (χ4v) is 1.82. The van der Waals surface area contributed by atoms with E-state index in [2.05, 4.69) is 5.32 Å². The smallest absolute Gasteiger partial charge is 0.255 e. The van der Waals surface area contributed by atoms with Crippen LogP contribution in [-0.4, -0.2) is 5.91 Å². The SMILES string of the molecule is Cc1cccc(C(=O)Nc2ccc(F)c(N)c2)c1C. The zero-order valence-electron chi connectivity index (χ0n) is 10.8. The maximum atomic E-state index is 13.0. The highest BCUT2D eigenvalue weighted by molar-refractivity contribution is 6.05. The van der Waals surface area contributed by atoms with Crippen LogP contribution in [0.1, 0.15) is 21.5 Å². The van der Waals surface area contributed by atoms with Gasteiger partial charge in [0.15, 0.2) is 0 Å². The number of rotatable bonds is 2. The molecule has 0 fully saturated rings. The van der Waals surface area contributed by atoms with Gasteiger partial charge in [0.1, 0.15) is 5.82 Å². The van der Waals surface area contributed by atoms with E-state index in [-0.39, 0.29) is 11.6 Å². The first kappa shape index (κ1) is 13.1. The van der Waals surface area contributed by atoms with Crippen molar-refractivity contribution in [3.63, 3.8) is 0 Å². The minimum Gasteiger partial charge on any atom is -0.396 e. The number of halogens is 1. The number of nitrogens with one attached hydrogen (secondary N) is 1. The Labute approximate surface area is 111 Å². The molecule has 1 amide bonds. The predicted octanol–water partition coefficient (Wildman–Crippen LogP) is 3.28. The van der Waals surface area contributed by atoms with Crippen molar-refractivity contribution in [2.24, 2.45) is 0 Å². The zero-order valence-corrected chi connectivity index (χ0v) is 10.8. The standard InChI is InChI=1S/C15H15FN2O/c1-9-4-3-5-12(10(9)2)15(19)18-11-6-7-13(16)14(17)8-11/h3-8H,17H2,1-2H3,(H,18,19). The van der Waals surface area contributed by atoms with Crippen LogP contribution in [0.25, 0.3) is 0 Å². The second-order valence-corrected chi connectivity index (χ2v) is 4.44. The van der Waals surface area contributed by atoms with Crippen LogP contribution in [0.3, 0.4) is 0 Å². The highest BCUT2D eigenvalue weighted by atomic mass is 19.1. The van der Waals surface area contributed by atoms with Gasteiger partial charge in [-0.1, -0.05) is 12.1 Å². The fraction of sp³-hybridized carbons (Fsp3) is 0.133. The lowest BCUT2D eigenvalue weighted by Crippen LogP contribution is -2.14. The van der Waals surface area contributed by atoms with Crippen LogP contribution >= 0.6 is 0 Å². The summed E-state index contributed by atoms with van der Waals surface area (Å²) in [4.78, 5) is 12.1. The summed E-state index contributed by atoms with van der Waals surface area (Å²) in [5, 5.41) is 2.71. The average molecular weight is 258 g/mol. The maximum absolute atomic E-state index is 13.0. The van der Waals surface area contributed by atoms with Crippen molar-refractivity contribution in [3.8, 4) is 0 Å². The number of amides is 1. The van der Waals surface area contributed by atoms with E-state index in [9.17, 15) is 9.18 Å². The van der Waals surface area contributed by atoms with Crippen LogP contribution in [0.15, 0.2) is 36.4 Å². The van der Waals surface area contributed by atoms with Crippen LogP contribution < -0.4 is 11.1 Å². The number of carbonyl (C=O) groups is 1. The molecule has 2 rings (SSSR count). The number of benzene rings is 2. The quantitative estimate of drug-likeness (QED) is 0.812. The molecule has 0 aliphatic rings. The molecule has 0 heterocycles. The Kier molecular flexibility index (Phi) is 3.51. The number of nitrogens with two attached hydrogens (primary N) is 1. The predicted molar refractivity (Wildman–Crippen MR) is 74.7 cm³/mol. The lowest BCUT2D eigenvalue weighted by molar-refractivity contribution is 0.102. The van der Waals surface area contributed by atoms with Crippen molar-refractivity contribution in [1.82, 2.24) is 0 Å². The zero-order chi connectivity index (χ0) is 14.0. The van der Waals surface area contributed by atoms with E-state index in [1.165, 1.54) is 18.2 Å². The lowest BCUT2D eigenvalue weighted by Gasteiger charge is -2.10. The van der Waals surface area contributed by atoms with Gasteiger partial charge in [-0.2, -0.15) is 0 Å². The maximum Gasteiger partial charge on any atom is 0.255 e. The average Bonchev–Trinajstić information content (AvgIpc) is 2.37. The largest absolute Gasteiger partial charge is 0.396 e. The Morgan fingerprint density at radius 2 is 1.95 bits per heavy atom. The summed E-state index contributed by atoms with van der Waals surface area (Å²) in [6, 6.07) is 9.64. The number of carbonyl (C=O) groups excluding carboxylic acids is 1. The molecule has 4 heteroatoms. The molecular formula is C15H15FN2O. The molecule has 0 spiro atoms. The minimum atomic E-state index is -0.496. The van der Waals surface area contributed by atoms with Gasteiger partial charge in [0.25, 0.3) is 5.91 Å². The van der Waals surface area contributed by atoms with E-state index in [1.54, 1.807) is 6.07 Å². The van der Waals surface area contributed by atoms with Gasteiger partial charge in [0.2, 0.25) is 0 Å². The van der Waals surface area contributed by atoms with Crippen molar-refractivity contribution < 1.29 is 9.18 Å². The van der Waals surface area contributed by atoms with Gasteiger partial charge < -0.3 is 11.1 Å². The van der Waals surface area contributed by atoms with Crippen LogP contribution in [0.2, 0.25) is 0 Å². The third-order valence-electron chi connectivity index (χ3n) is 3.10. The van der Waals surface area contributed by atoms with E-state index in [0.717, 1.165) is 11.1 Å². The summed E-state index contributed by atoms with van der Waals surface area (Å²) in [6.45, 7) is 3.84. The molecule has 98 valence electrons.